The number of nitrogens with zero attached hydrogens (tertiary/aromatic N) is 1. The van der Waals surface area contributed by atoms with Crippen LogP contribution in [0.5, 0.6) is 11.5 Å². The van der Waals surface area contributed by atoms with Crippen molar-refractivity contribution in [3.8, 4) is 11.5 Å². The number of halogens is 2. The van der Waals surface area contributed by atoms with Gasteiger partial charge in [-0.05, 0) is 48.0 Å². The van der Waals surface area contributed by atoms with Crippen molar-refractivity contribution >= 4 is 28.7 Å². The molecule has 0 saturated carbocycles. The molecule has 0 radical (unpaired) electrons. The molecule has 164 valence electrons. The first-order chi connectivity index (χ1) is 15.4. The Morgan fingerprint density at radius 1 is 1.03 bits per heavy atom. The molecule has 3 aromatic carbocycles. The summed E-state index contributed by atoms with van der Waals surface area (Å²) in [4.78, 5) is 11.1. The van der Waals surface area contributed by atoms with E-state index in [0.29, 0.717) is 33.8 Å². The van der Waals surface area contributed by atoms with Gasteiger partial charge < -0.3 is 24.3 Å². The van der Waals surface area contributed by atoms with Crippen molar-refractivity contribution in [1.29, 1.82) is 0 Å². The van der Waals surface area contributed by atoms with Crippen molar-refractivity contribution < 1.29 is 28.9 Å². The molecule has 1 aromatic heterocycles. The molecular weight excluding hydrogens is 437 g/mol. The first kappa shape index (κ1) is 21.7. The zero-order valence-corrected chi connectivity index (χ0v) is 17.6. The second kappa shape index (κ2) is 9.30. The molecule has 0 aliphatic rings. The minimum absolute atomic E-state index is 0.150. The third-order valence-corrected chi connectivity index (χ3v) is 5.22. The van der Waals surface area contributed by atoms with E-state index in [-0.39, 0.29) is 24.8 Å². The molecule has 2 N–H and O–H groups in total. The van der Waals surface area contributed by atoms with Crippen LogP contribution in [0, 0.1) is 5.82 Å². The Morgan fingerprint density at radius 2 is 1.81 bits per heavy atom. The quantitative estimate of drug-likeness (QED) is 0.279. The van der Waals surface area contributed by atoms with Crippen LogP contribution in [0.25, 0.3) is 10.9 Å². The molecule has 0 fully saturated rings. The van der Waals surface area contributed by atoms with Gasteiger partial charge in [0.15, 0.2) is 0 Å². The van der Waals surface area contributed by atoms with E-state index in [1.807, 2.05) is 10.6 Å². The van der Waals surface area contributed by atoms with Crippen molar-refractivity contribution in [1.82, 2.24) is 4.57 Å². The van der Waals surface area contributed by atoms with Crippen molar-refractivity contribution in [2.75, 3.05) is 0 Å². The maximum absolute atomic E-state index is 13.1. The summed E-state index contributed by atoms with van der Waals surface area (Å²) in [5.74, 6) is 0.437. The van der Waals surface area contributed by atoms with E-state index < -0.39 is 6.16 Å². The summed E-state index contributed by atoms with van der Waals surface area (Å²) in [5, 5.41) is 19.9. The summed E-state index contributed by atoms with van der Waals surface area (Å²) in [6.45, 7) is 0.319. The predicted octanol–water partition coefficient (Wildman–Crippen LogP) is 5.61. The van der Waals surface area contributed by atoms with Crippen LogP contribution >= 0.6 is 11.6 Å². The molecule has 32 heavy (non-hydrogen) atoms. The molecule has 6 nitrogen and oxygen atoms in total. The molecule has 0 saturated heterocycles. The summed E-state index contributed by atoms with van der Waals surface area (Å²) in [6.07, 6.45) is 0.310. The number of aromatic nitrogens is 1. The van der Waals surface area contributed by atoms with Crippen LogP contribution in [0.4, 0.5) is 9.18 Å². The Kier molecular flexibility index (Phi) is 6.30. The predicted molar refractivity (Wildman–Crippen MR) is 118 cm³/mol. The summed E-state index contributed by atoms with van der Waals surface area (Å²) < 4.78 is 25.9. The van der Waals surface area contributed by atoms with Gasteiger partial charge in [0.05, 0.1) is 18.7 Å². The van der Waals surface area contributed by atoms with Gasteiger partial charge in [-0.15, -0.1) is 0 Å². The third-order valence-electron chi connectivity index (χ3n) is 4.98. The molecule has 4 aromatic rings. The number of ether oxygens (including phenoxy) is 2. The van der Waals surface area contributed by atoms with E-state index >= 15 is 0 Å². The number of aliphatic hydroxyl groups excluding tert-OH is 1. The molecule has 0 bridgehead atoms. The van der Waals surface area contributed by atoms with Gasteiger partial charge in [0, 0.05) is 27.7 Å². The van der Waals surface area contributed by atoms with Gasteiger partial charge in [0.2, 0.25) is 0 Å². The van der Waals surface area contributed by atoms with Gasteiger partial charge in [0.1, 0.15) is 23.9 Å². The summed E-state index contributed by atoms with van der Waals surface area (Å²) in [6, 6.07) is 16.4. The monoisotopic (exact) mass is 455 g/mol. The maximum atomic E-state index is 13.1. The lowest BCUT2D eigenvalue weighted by molar-refractivity contribution is 0.145. The van der Waals surface area contributed by atoms with Gasteiger partial charge in [-0.25, -0.2) is 9.18 Å². The topological polar surface area (TPSA) is 80.9 Å². The number of aliphatic hydroxyl groups is 1. The zero-order valence-electron chi connectivity index (χ0n) is 16.8. The molecule has 0 spiro atoms. The molecule has 4 rings (SSSR count). The van der Waals surface area contributed by atoms with Gasteiger partial charge in [0.25, 0.3) is 0 Å². The minimum Gasteiger partial charge on any atom is -0.489 e. The lowest BCUT2D eigenvalue weighted by Gasteiger charge is -2.14. The van der Waals surface area contributed by atoms with Gasteiger partial charge in [-0.3, -0.25) is 0 Å². The van der Waals surface area contributed by atoms with Crippen molar-refractivity contribution in [2.45, 2.75) is 19.8 Å². The second-order valence-electron chi connectivity index (χ2n) is 7.13. The lowest BCUT2D eigenvalue weighted by Crippen LogP contribution is -2.04. The van der Waals surface area contributed by atoms with Gasteiger partial charge in [-0.1, -0.05) is 29.8 Å². The smallest absolute Gasteiger partial charge is 0.489 e. The number of carbonyl (C=O) groups is 1. The Balaban J connectivity index is 1.67. The van der Waals surface area contributed by atoms with E-state index in [9.17, 15) is 14.3 Å². The standard InChI is InChI=1S/C24H19ClFNO5/c25-18-6-9-21(31-14-15-4-7-19(26)8-5-15)16(10-18)11-27-12-17(13-28)23-20(27)2-1-3-22(23)32-24(29)30/h1-10,12,28H,11,13-14H2,(H,29,30). The van der Waals surface area contributed by atoms with Crippen LogP contribution in [0.2, 0.25) is 5.02 Å². The average molecular weight is 456 g/mol. The molecule has 0 amide bonds. The minimum atomic E-state index is -1.43. The molecule has 0 atom stereocenters. The van der Waals surface area contributed by atoms with Crippen LogP contribution in [-0.4, -0.2) is 20.9 Å². The fraction of sp³-hybridized carbons (Fsp3) is 0.125. The Hall–Kier alpha value is -3.55. The highest BCUT2D eigenvalue weighted by Gasteiger charge is 2.16. The number of fused-ring (bicyclic) bond motifs is 1. The first-order valence-electron chi connectivity index (χ1n) is 9.72. The number of benzene rings is 3. The highest BCUT2D eigenvalue weighted by Crippen LogP contribution is 2.33. The normalized spacial score (nSPS) is 11.0. The van der Waals surface area contributed by atoms with Gasteiger partial charge >= 0.3 is 6.16 Å². The molecular formula is C24H19ClFNO5. The van der Waals surface area contributed by atoms with Crippen LogP contribution in [0.15, 0.2) is 66.9 Å². The number of hydrogen-bond donors (Lipinski definition) is 2. The Morgan fingerprint density at radius 3 is 2.53 bits per heavy atom. The zero-order chi connectivity index (χ0) is 22.7. The fourth-order valence-corrected chi connectivity index (χ4v) is 3.77. The van der Waals surface area contributed by atoms with E-state index in [2.05, 4.69) is 0 Å². The summed E-state index contributed by atoms with van der Waals surface area (Å²) >= 11 is 6.22. The molecule has 0 unspecified atom stereocenters. The molecule has 1 heterocycles. The SMILES string of the molecule is O=C(O)Oc1cccc2c1c(CO)cn2Cc1cc(Cl)ccc1OCc1ccc(F)cc1. The van der Waals surface area contributed by atoms with Crippen LogP contribution < -0.4 is 9.47 Å². The van der Waals surface area contributed by atoms with Crippen LogP contribution in [0.3, 0.4) is 0 Å². The van der Waals surface area contributed by atoms with E-state index in [0.717, 1.165) is 11.1 Å². The van der Waals surface area contributed by atoms with Gasteiger partial charge in [-0.2, -0.15) is 0 Å². The van der Waals surface area contributed by atoms with Crippen molar-refractivity contribution in [3.05, 3.63) is 94.4 Å². The lowest BCUT2D eigenvalue weighted by atomic mass is 10.1. The number of rotatable bonds is 7. The Labute approximate surface area is 188 Å². The number of hydrogen-bond acceptors (Lipinski definition) is 4. The molecule has 0 aliphatic heterocycles. The van der Waals surface area contributed by atoms with Crippen LogP contribution in [0.1, 0.15) is 16.7 Å². The van der Waals surface area contributed by atoms with Crippen molar-refractivity contribution in [2.24, 2.45) is 0 Å². The Bertz CT molecular complexity index is 1270. The summed E-state index contributed by atoms with van der Waals surface area (Å²) in [7, 11) is 0. The van der Waals surface area contributed by atoms with E-state index in [1.165, 1.54) is 18.2 Å². The van der Waals surface area contributed by atoms with Crippen LogP contribution in [-0.2, 0) is 19.8 Å². The largest absolute Gasteiger partial charge is 0.511 e. The fourth-order valence-electron chi connectivity index (χ4n) is 3.57. The maximum Gasteiger partial charge on any atom is 0.511 e. The molecule has 0 aliphatic carbocycles. The highest BCUT2D eigenvalue weighted by atomic mass is 35.5. The number of carboxylic acid groups (broad SMARTS) is 1. The highest BCUT2D eigenvalue weighted by molar-refractivity contribution is 6.30. The summed E-state index contributed by atoms with van der Waals surface area (Å²) in [5.41, 5.74) is 2.83. The third kappa shape index (κ3) is 4.69. The molecule has 8 heteroatoms. The second-order valence-corrected chi connectivity index (χ2v) is 7.56. The van der Waals surface area contributed by atoms with Crippen molar-refractivity contribution in [3.63, 3.8) is 0 Å². The van der Waals surface area contributed by atoms with E-state index in [4.69, 9.17) is 26.2 Å². The first-order valence-corrected chi connectivity index (χ1v) is 10.1. The average Bonchev–Trinajstić information content (AvgIpc) is 3.12. The van der Waals surface area contributed by atoms with E-state index in [1.54, 1.807) is 42.6 Å².